The molecule has 0 aliphatic rings. The van der Waals surface area contributed by atoms with Gasteiger partial charge in [0.2, 0.25) is 0 Å². The summed E-state index contributed by atoms with van der Waals surface area (Å²) < 4.78 is 13.6. The van der Waals surface area contributed by atoms with Crippen molar-refractivity contribution in [3.8, 4) is 5.69 Å². The zero-order valence-electron chi connectivity index (χ0n) is 11.6. The van der Waals surface area contributed by atoms with Crippen LogP contribution in [0.3, 0.4) is 0 Å². The van der Waals surface area contributed by atoms with Gasteiger partial charge in [-0.05, 0) is 24.3 Å². The van der Waals surface area contributed by atoms with E-state index in [0.717, 1.165) is 5.69 Å². The van der Waals surface area contributed by atoms with Crippen molar-refractivity contribution in [1.29, 1.82) is 0 Å². The van der Waals surface area contributed by atoms with Gasteiger partial charge >= 0.3 is 0 Å². The molecule has 1 N–H and O–H groups in total. The molecule has 22 heavy (non-hydrogen) atoms. The molecule has 0 unspecified atom stereocenters. The smallest absolute Gasteiger partial charge is 0.258 e. The minimum Gasteiger partial charge on any atom is -0.322 e. The monoisotopic (exact) mass is 300 g/mol. The van der Waals surface area contributed by atoms with Crippen LogP contribution in [0, 0.1) is 0 Å². The van der Waals surface area contributed by atoms with Crippen molar-refractivity contribution in [2.24, 2.45) is 0 Å². The standard InChI is InChI=1S/C14H13FN6O/c15-5-8-20-10-11(9-18-20)14(22)19-12-1-3-13(4-2-12)21-16-6-7-17-21/h1-4,6-7,9-10H,5,8H2,(H,19,22). The van der Waals surface area contributed by atoms with Crippen LogP contribution in [-0.4, -0.2) is 37.4 Å². The lowest BCUT2D eigenvalue weighted by molar-refractivity contribution is 0.102. The van der Waals surface area contributed by atoms with E-state index < -0.39 is 6.67 Å². The Morgan fingerprint density at radius 1 is 1.14 bits per heavy atom. The minimum atomic E-state index is -0.522. The molecule has 0 bridgehead atoms. The fourth-order valence-corrected chi connectivity index (χ4v) is 1.92. The number of anilines is 1. The number of aryl methyl sites for hydroxylation is 1. The summed E-state index contributed by atoms with van der Waals surface area (Å²) in [5.74, 6) is -0.296. The first-order valence-electron chi connectivity index (χ1n) is 6.63. The second kappa shape index (κ2) is 6.17. The molecule has 0 radical (unpaired) electrons. The zero-order valence-corrected chi connectivity index (χ0v) is 11.6. The molecule has 0 fully saturated rings. The highest BCUT2D eigenvalue weighted by Crippen LogP contribution is 2.13. The Morgan fingerprint density at radius 3 is 2.55 bits per heavy atom. The molecule has 0 saturated heterocycles. The second-order valence-electron chi connectivity index (χ2n) is 4.50. The summed E-state index contributed by atoms with van der Waals surface area (Å²) >= 11 is 0. The van der Waals surface area contributed by atoms with Gasteiger partial charge in [0, 0.05) is 11.9 Å². The van der Waals surface area contributed by atoms with Gasteiger partial charge in [-0.15, -0.1) is 0 Å². The molecule has 1 aromatic carbocycles. The third-order valence-electron chi connectivity index (χ3n) is 2.98. The Hall–Kier alpha value is -3.03. The molecule has 0 saturated carbocycles. The van der Waals surface area contributed by atoms with Crippen LogP contribution in [0.1, 0.15) is 10.4 Å². The summed E-state index contributed by atoms with van der Waals surface area (Å²) in [4.78, 5) is 13.5. The van der Waals surface area contributed by atoms with Gasteiger partial charge in [0.1, 0.15) is 6.67 Å². The van der Waals surface area contributed by atoms with Crippen LogP contribution in [0.2, 0.25) is 0 Å². The summed E-state index contributed by atoms with van der Waals surface area (Å²) in [6, 6.07) is 7.09. The molecular weight excluding hydrogens is 287 g/mol. The molecule has 1 amide bonds. The van der Waals surface area contributed by atoms with E-state index in [4.69, 9.17) is 0 Å². The average molecular weight is 300 g/mol. The van der Waals surface area contributed by atoms with Gasteiger partial charge in [-0.3, -0.25) is 9.48 Å². The number of carbonyl (C=O) groups is 1. The van der Waals surface area contributed by atoms with Gasteiger partial charge in [-0.25, -0.2) is 4.39 Å². The Kier molecular flexibility index (Phi) is 3.90. The normalized spacial score (nSPS) is 10.6. The van der Waals surface area contributed by atoms with Gasteiger partial charge in [0.25, 0.3) is 5.91 Å². The van der Waals surface area contributed by atoms with E-state index in [0.29, 0.717) is 11.3 Å². The van der Waals surface area contributed by atoms with Gasteiger partial charge in [0.05, 0.1) is 36.4 Å². The van der Waals surface area contributed by atoms with E-state index in [1.54, 1.807) is 36.7 Å². The maximum atomic E-state index is 12.2. The number of nitrogens with one attached hydrogen (secondary N) is 1. The molecule has 8 heteroatoms. The lowest BCUT2D eigenvalue weighted by Crippen LogP contribution is -2.11. The number of hydrogen-bond acceptors (Lipinski definition) is 4. The van der Waals surface area contributed by atoms with Crippen LogP contribution in [-0.2, 0) is 6.54 Å². The lowest BCUT2D eigenvalue weighted by atomic mass is 10.2. The van der Waals surface area contributed by atoms with E-state index in [1.165, 1.54) is 21.9 Å². The molecular formula is C14H13FN6O. The fraction of sp³-hybridized carbons (Fsp3) is 0.143. The van der Waals surface area contributed by atoms with Crippen LogP contribution in [0.25, 0.3) is 5.69 Å². The molecule has 2 aromatic heterocycles. The van der Waals surface area contributed by atoms with E-state index in [-0.39, 0.29) is 12.5 Å². The third kappa shape index (κ3) is 3.00. The van der Waals surface area contributed by atoms with Crippen LogP contribution in [0.5, 0.6) is 0 Å². The number of rotatable bonds is 5. The van der Waals surface area contributed by atoms with Crippen LogP contribution < -0.4 is 5.32 Å². The Bertz CT molecular complexity index is 750. The van der Waals surface area contributed by atoms with E-state index in [9.17, 15) is 9.18 Å². The van der Waals surface area contributed by atoms with Crippen LogP contribution >= 0.6 is 0 Å². The summed E-state index contributed by atoms with van der Waals surface area (Å²) in [7, 11) is 0. The number of halogens is 1. The molecule has 3 rings (SSSR count). The SMILES string of the molecule is O=C(Nc1ccc(-n2nccn2)cc1)c1cnn(CCF)c1. The van der Waals surface area contributed by atoms with Crippen molar-refractivity contribution in [1.82, 2.24) is 24.8 Å². The fourth-order valence-electron chi connectivity index (χ4n) is 1.92. The Balaban J connectivity index is 1.68. The quantitative estimate of drug-likeness (QED) is 0.777. The number of benzene rings is 1. The first-order chi connectivity index (χ1) is 10.8. The zero-order chi connectivity index (χ0) is 15.4. The largest absolute Gasteiger partial charge is 0.322 e. The Morgan fingerprint density at radius 2 is 1.86 bits per heavy atom. The summed E-state index contributed by atoms with van der Waals surface area (Å²) in [6.07, 6.45) is 6.10. The molecule has 3 aromatic rings. The maximum Gasteiger partial charge on any atom is 0.258 e. The number of carbonyl (C=O) groups excluding carboxylic acids is 1. The van der Waals surface area contributed by atoms with Crippen molar-refractivity contribution in [2.45, 2.75) is 6.54 Å². The average Bonchev–Trinajstić information content (AvgIpc) is 3.20. The van der Waals surface area contributed by atoms with Crippen LogP contribution in [0.15, 0.2) is 49.1 Å². The van der Waals surface area contributed by atoms with Crippen molar-refractivity contribution in [2.75, 3.05) is 12.0 Å². The molecule has 112 valence electrons. The van der Waals surface area contributed by atoms with Gasteiger partial charge in [0.15, 0.2) is 0 Å². The molecule has 0 aliphatic heterocycles. The first-order valence-corrected chi connectivity index (χ1v) is 6.63. The number of alkyl halides is 1. The molecule has 7 nitrogen and oxygen atoms in total. The highest BCUT2D eigenvalue weighted by atomic mass is 19.1. The number of amides is 1. The number of aromatic nitrogens is 5. The Labute approximate surface area is 125 Å². The minimum absolute atomic E-state index is 0.138. The van der Waals surface area contributed by atoms with E-state index in [1.807, 2.05) is 0 Å². The van der Waals surface area contributed by atoms with Gasteiger partial charge in [-0.1, -0.05) is 0 Å². The summed E-state index contributed by atoms with van der Waals surface area (Å²) in [5, 5.41) is 14.7. The topological polar surface area (TPSA) is 77.6 Å². The predicted molar refractivity (Wildman–Crippen MR) is 77.5 cm³/mol. The molecule has 0 spiro atoms. The van der Waals surface area contributed by atoms with Crippen molar-refractivity contribution in [3.05, 3.63) is 54.6 Å². The maximum absolute atomic E-state index is 12.2. The lowest BCUT2D eigenvalue weighted by Gasteiger charge is -2.05. The van der Waals surface area contributed by atoms with Crippen molar-refractivity contribution >= 4 is 11.6 Å². The second-order valence-corrected chi connectivity index (χ2v) is 4.50. The van der Waals surface area contributed by atoms with Crippen molar-refractivity contribution in [3.63, 3.8) is 0 Å². The number of nitrogens with zero attached hydrogens (tertiary/aromatic N) is 5. The first kappa shape index (κ1) is 13.9. The third-order valence-corrected chi connectivity index (χ3v) is 2.98. The summed E-state index contributed by atoms with van der Waals surface area (Å²) in [6.45, 7) is -0.384. The highest BCUT2D eigenvalue weighted by molar-refractivity contribution is 6.03. The molecule has 2 heterocycles. The van der Waals surface area contributed by atoms with Gasteiger partial charge in [-0.2, -0.15) is 20.1 Å². The highest BCUT2D eigenvalue weighted by Gasteiger charge is 2.09. The van der Waals surface area contributed by atoms with E-state index >= 15 is 0 Å². The van der Waals surface area contributed by atoms with E-state index in [2.05, 4.69) is 20.6 Å². The van der Waals surface area contributed by atoms with Gasteiger partial charge < -0.3 is 5.32 Å². The predicted octanol–water partition coefficient (Wildman–Crippen LogP) is 1.69. The molecule has 0 atom stereocenters. The van der Waals surface area contributed by atoms with Crippen LogP contribution in [0.4, 0.5) is 10.1 Å². The number of hydrogen-bond donors (Lipinski definition) is 1. The molecule has 0 aliphatic carbocycles. The summed E-state index contributed by atoms with van der Waals surface area (Å²) in [5.41, 5.74) is 1.81. The van der Waals surface area contributed by atoms with Crippen molar-refractivity contribution < 1.29 is 9.18 Å².